The van der Waals surface area contributed by atoms with Crippen molar-refractivity contribution in [2.24, 2.45) is 7.05 Å². The van der Waals surface area contributed by atoms with Gasteiger partial charge in [-0.3, -0.25) is 14.9 Å². The summed E-state index contributed by atoms with van der Waals surface area (Å²) < 4.78 is 0. The van der Waals surface area contributed by atoms with Crippen molar-refractivity contribution in [3.05, 3.63) is 47.3 Å². The fourth-order valence-corrected chi connectivity index (χ4v) is 3.18. The molecule has 0 aliphatic carbocycles. The largest absolute Gasteiger partial charge is 0.296 e. The van der Waals surface area contributed by atoms with Gasteiger partial charge in [0.1, 0.15) is 0 Å². The minimum atomic E-state index is -0.538. The normalized spacial score (nSPS) is 18.1. The molecule has 1 unspecified atom stereocenters. The number of hydrogen-bond acceptors (Lipinski definition) is 6. The number of nitrogens with one attached hydrogen (secondary N) is 1. The van der Waals surface area contributed by atoms with Crippen molar-refractivity contribution in [2.75, 3.05) is 13.1 Å². The molecule has 132 valence electrons. The highest BCUT2D eigenvalue weighted by atomic mass is 16.5. The monoisotopic (exact) mass is 342 g/mol. The van der Waals surface area contributed by atoms with Crippen LogP contribution in [0.15, 0.2) is 30.3 Å². The lowest BCUT2D eigenvalue weighted by Gasteiger charge is -2.24. The van der Waals surface area contributed by atoms with Gasteiger partial charge >= 0.3 is 0 Å². The zero-order valence-corrected chi connectivity index (χ0v) is 14.2. The van der Waals surface area contributed by atoms with Crippen molar-refractivity contribution in [1.29, 1.82) is 0 Å². The fourth-order valence-electron chi connectivity index (χ4n) is 3.18. The molecule has 0 bridgehead atoms. The number of tetrazole rings is 1. The number of nitrogens with zero attached hydrogens (tertiary/aromatic N) is 5. The maximum atomic E-state index is 11.0. The molecular formula is C17H22N6O2. The van der Waals surface area contributed by atoms with Crippen molar-refractivity contribution in [3.63, 3.8) is 0 Å². The molecule has 3 rings (SSSR count). The van der Waals surface area contributed by atoms with Crippen LogP contribution in [0.4, 0.5) is 0 Å². The van der Waals surface area contributed by atoms with Gasteiger partial charge in [0.05, 0.1) is 7.05 Å². The second-order valence-corrected chi connectivity index (χ2v) is 6.12. The number of hydroxylamine groups is 1. The van der Waals surface area contributed by atoms with Gasteiger partial charge < -0.3 is 0 Å². The average Bonchev–Trinajstić information content (AvgIpc) is 3.27. The molecule has 1 atom stereocenters. The maximum absolute atomic E-state index is 11.0. The number of benzene rings is 1. The lowest BCUT2D eigenvalue weighted by atomic mass is 10.0. The van der Waals surface area contributed by atoms with Gasteiger partial charge in [0.15, 0.2) is 5.82 Å². The minimum Gasteiger partial charge on any atom is -0.296 e. The van der Waals surface area contributed by atoms with Crippen LogP contribution < -0.4 is 5.48 Å². The number of hydrogen-bond donors (Lipinski definition) is 2. The second kappa shape index (κ2) is 8.00. The summed E-state index contributed by atoms with van der Waals surface area (Å²) in [4.78, 5) is 15.0. The van der Waals surface area contributed by atoms with Gasteiger partial charge in [-0.15, -0.1) is 10.2 Å². The van der Waals surface area contributed by atoms with E-state index in [2.05, 4.69) is 32.4 Å². The quantitative estimate of drug-likeness (QED) is 0.464. The Balaban J connectivity index is 1.61. The Morgan fingerprint density at radius 1 is 1.40 bits per heavy atom. The summed E-state index contributed by atoms with van der Waals surface area (Å²) in [6.07, 6.45) is 6.07. The number of likely N-dealkylation sites (tertiary alicyclic amines) is 1. The van der Waals surface area contributed by atoms with Gasteiger partial charge in [-0.25, -0.2) is 5.48 Å². The first-order valence-electron chi connectivity index (χ1n) is 8.35. The number of amides is 1. The molecule has 1 aliphatic heterocycles. The van der Waals surface area contributed by atoms with E-state index < -0.39 is 5.91 Å². The Hall–Kier alpha value is -2.58. The van der Waals surface area contributed by atoms with E-state index in [1.165, 1.54) is 22.9 Å². The van der Waals surface area contributed by atoms with Gasteiger partial charge in [-0.2, -0.15) is 4.80 Å². The van der Waals surface area contributed by atoms with E-state index in [0.29, 0.717) is 6.04 Å². The summed E-state index contributed by atoms with van der Waals surface area (Å²) in [6, 6.07) is 8.56. The van der Waals surface area contributed by atoms with Crippen LogP contribution >= 0.6 is 0 Å². The van der Waals surface area contributed by atoms with Crippen LogP contribution in [0.2, 0.25) is 0 Å². The van der Waals surface area contributed by atoms with Crippen LogP contribution in [0.25, 0.3) is 6.08 Å². The van der Waals surface area contributed by atoms with Gasteiger partial charge in [-0.05, 0) is 41.8 Å². The third-order valence-corrected chi connectivity index (χ3v) is 4.39. The molecule has 0 saturated carbocycles. The first-order valence-corrected chi connectivity index (χ1v) is 8.35. The second-order valence-electron chi connectivity index (χ2n) is 6.12. The number of carbonyl (C=O) groups is 1. The molecule has 1 aromatic carbocycles. The van der Waals surface area contributed by atoms with Gasteiger partial charge in [0.2, 0.25) is 0 Å². The molecule has 1 fully saturated rings. The number of aromatic nitrogens is 4. The Bertz CT molecular complexity index is 740. The first-order chi connectivity index (χ1) is 12.2. The van der Waals surface area contributed by atoms with Gasteiger partial charge in [0, 0.05) is 25.1 Å². The molecule has 1 saturated heterocycles. The zero-order valence-electron chi connectivity index (χ0n) is 14.2. The molecule has 8 nitrogen and oxygen atoms in total. The predicted molar refractivity (Wildman–Crippen MR) is 91.5 cm³/mol. The molecule has 25 heavy (non-hydrogen) atoms. The van der Waals surface area contributed by atoms with Crippen LogP contribution in [0.1, 0.15) is 35.8 Å². The molecule has 2 heterocycles. The molecule has 8 heteroatoms. The number of rotatable bonds is 6. The van der Waals surface area contributed by atoms with Crippen molar-refractivity contribution in [2.45, 2.75) is 25.3 Å². The standard InChI is InChI=1S/C17H22N6O2/c1-22-19-16(18-21-22)10-12-23-11-2-3-15(23)14-7-4-13(5-8-14)6-9-17(24)20-25/h4-9,15,25H,2-3,10-12H2,1H3,(H,20,24). The third-order valence-electron chi connectivity index (χ3n) is 4.39. The lowest BCUT2D eigenvalue weighted by Crippen LogP contribution is -2.26. The smallest absolute Gasteiger partial charge is 0.267 e. The molecule has 1 amide bonds. The van der Waals surface area contributed by atoms with E-state index in [1.807, 2.05) is 12.1 Å². The fraction of sp³-hybridized carbons (Fsp3) is 0.412. The van der Waals surface area contributed by atoms with E-state index in [9.17, 15) is 4.79 Å². The van der Waals surface area contributed by atoms with Crippen LogP contribution in [-0.4, -0.2) is 49.3 Å². The minimum absolute atomic E-state index is 0.399. The van der Waals surface area contributed by atoms with E-state index in [-0.39, 0.29) is 0 Å². The summed E-state index contributed by atoms with van der Waals surface area (Å²) in [5, 5.41) is 20.6. The number of aryl methyl sites for hydroxylation is 1. The summed E-state index contributed by atoms with van der Waals surface area (Å²) in [7, 11) is 1.77. The molecule has 0 radical (unpaired) electrons. The highest BCUT2D eigenvalue weighted by Crippen LogP contribution is 2.31. The van der Waals surface area contributed by atoms with Gasteiger partial charge in [0.25, 0.3) is 5.91 Å². The third kappa shape index (κ3) is 4.49. The maximum Gasteiger partial charge on any atom is 0.267 e. The lowest BCUT2D eigenvalue weighted by molar-refractivity contribution is -0.124. The van der Waals surface area contributed by atoms with Crippen LogP contribution in [0.5, 0.6) is 0 Å². The molecule has 1 aromatic heterocycles. The van der Waals surface area contributed by atoms with E-state index in [1.54, 1.807) is 18.6 Å². The van der Waals surface area contributed by atoms with Crippen molar-refractivity contribution in [1.82, 2.24) is 30.6 Å². The Morgan fingerprint density at radius 3 is 2.88 bits per heavy atom. The molecule has 2 N–H and O–H groups in total. The average molecular weight is 342 g/mol. The molecule has 2 aromatic rings. The predicted octanol–water partition coefficient (Wildman–Crippen LogP) is 1.11. The van der Waals surface area contributed by atoms with E-state index in [4.69, 9.17) is 5.21 Å². The van der Waals surface area contributed by atoms with Crippen LogP contribution in [0.3, 0.4) is 0 Å². The highest BCUT2D eigenvalue weighted by molar-refractivity contribution is 5.90. The van der Waals surface area contributed by atoms with Crippen molar-refractivity contribution < 1.29 is 10.0 Å². The first kappa shape index (κ1) is 17.2. The number of carbonyl (C=O) groups excluding carboxylic acids is 1. The van der Waals surface area contributed by atoms with Gasteiger partial charge in [-0.1, -0.05) is 24.3 Å². The highest BCUT2D eigenvalue weighted by Gasteiger charge is 2.25. The van der Waals surface area contributed by atoms with E-state index in [0.717, 1.165) is 37.3 Å². The SMILES string of the molecule is Cn1nnc(CCN2CCCC2c2ccc(C=CC(=O)NO)cc2)n1. The summed E-state index contributed by atoms with van der Waals surface area (Å²) in [6.45, 7) is 1.98. The van der Waals surface area contributed by atoms with Crippen LogP contribution in [-0.2, 0) is 18.3 Å². The summed E-state index contributed by atoms with van der Waals surface area (Å²) >= 11 is 0. The van der Waals surface area contributed by atoms with E-state index >= 15 is 0 Å². The Labute approximate surface area is 146 Å². The van der Waals surface area contributed by atoms with Crippen molar-refractivity contribution >= 4 is 12.0 Å². The molecule has 1 aliphatic rings. The molecule has 0 spiro atoms. The topological polar surface area (TPSA) is 96.2 Å². The summed E-state index contributed by atoms with van der Waals surface area (Å²) in [5.41, 5.74) is 3.77. The molecular weight excluding hydrogens is 320 g/mol. The Morgan fingerprint density at radius 2 is 2.20 bits per heavy atom. The van der Waals surface area contributed by atoms with Crippen molar-refractivity contribution in [3.8, 4) is 0 Å². The Kier molecular flexibility index (Phi) is 5.52. The summed E-state index contributed by atoms with van der Waals surface area (Å²) in [5.74, 6) is 0.236. The zero-order chi connectivity index (χ0) is 17.6. The van der Waals surface area contributed by atoms with Crippen LogP contribution in [0, 0.1) is 0 Å².